The lowest BCUT2D eigenvalue weighted by atomic mass is 10.3. The predicted octanol–water partition coefficient (Wildman–Crippen LogP) is 4.02. The number of halogens is 2. The molecule has 21 heavy (non-hydrogen) atoms. The van der Waals surface area contributed by atoms with E-state index in [-0.39, 0.29) is 26.7 Å². The minimum atomic E-state index is -3.76. The summed E-state index contributed by atoms with van der Waals surface area (Å²) >= 11 is 13.4. The summed E-state index contributed by atoms with van der Waals surface area (Å²) in [5.74, 6) is 0. The van der Waals surface area contributed by atoms with Crippen LogP contribution in [-0.4, -0.2) is 19.8 Å². The van der Waals surface area contributed by atoms with Crippen LogP contribution < -0.4 is 5.73 Å². The molecule has 0 saturated carbocycles. The highest BCUT2D eigenvalue weighted by Crippen LogP contribution is 2.36. The highest BCUT2D eigenvalue weighted by molar-refractivity contribution is 7.89. The Labute approximate surface area is 138 Å². The molecule has 114 valence electrons. The van der Waals surface area contributed by atoms with Crippen molar-refractivity contribution in [1.29, 1.82) is 0 Å². The van der Waals surface area contributed by atoms with Crippen LogP contribution in [0.1, 0.15) is 17.8 Å². The van der Waals surface area contributed by atoms with Crippen molar-refractivity contribution in [3.8, 4) is 0 Å². The Bertz CT molecular complexity index is 746. The average molecular weight is 365 g/mol. The molecule has 0 aliphatic heterocycles. The largest absolute Gasteiger partial charge is 0.396 e. The number of nitrogen functional groups attached to an aromatic ring is 1. The molecular formula is C13H14Cl2N2O2S2. The molecule has 1 aromatic heterocycles. The van der Waals surface area contributed by atoms with Crippen molar-refractivity contribution in [3.05, 3.63) is 44.6 Å². The molecule has 2 N–H and O–H groups in total. The number of nitrogens with two attached hydrogens (primary N) is 1. The highest BCUT2D eigenvalue weighted by atomic mass is 35.5. The molecule has 0 bridgehead atoms. The standard InChI is InChI=1S/C13H14Cl2N2O2S2/c1-8(10-4-3-7-20-10)17(2)21(18,19)11-6-5-9(14)13(16)12(11)15/h3-8H,16H2,1-2H3. The number of hydrogen-bond acceptors (Lipinski definition) is 4. The normalized spacial score (nSPS) is 13.6. The second kappa shape index (κ2) is 6.14. The molecule has 0 saturated heterocycles. The Hall–Kier alpha value is -0.790. The smallest absolute Gasteiger partial charge is 0.244 e. The third kappa shape index (κ3) is 3.05. The van der Waals surface area contributed by atoms with E-state index < -0.39 is 10.0 Å². The molecule has 1 heterocycles. The van der Waals surface area contributed by atoms with Crippen molar-refractivity contribution in [1.82, 2.24) is 4.31 Å². The topological polar surface area (TPSA) is 63.4 Å². The number of benzene rings is 1. The van der Waals surface area contributed by atoms with E-state index in [4.69, 9.17) is 28.9 Å². The summed E-state index contributed by atoms with van der Waals surface area (Å²) in [6.07, 6.45) is 0. The van der Waals surface area contributed by atoms with Crippen LogP contribution in [0.5, 0.6) is 0 Å². The van der Waals surface area contributed by atoms with Crippen molar-refractivity contribution in [2.24, 2.45) is 0 Å². The van der Waals surface area contributed by atoms with E-state index in [1.807, 2.05) is 24.4 Å². The molecule has 1 unspecified atom stereocenters. The maximum Gasteiger partial charge on any atom is 0.244 e. The van der Waals surface area contributed by atoms with Crippen molar-refractivity contribution < 1.29 is 8.42 Å². The Morgan fingerprint density at radius 2 is 1.95 bits per heavy atom. The van der Waals surface area contributed by atoms with Gasteiger partial charge in [-0.1, -0.05) is 29.3 Å². The van der Waals surface area contributed by atoms with Crippen molar-refractivity contribution in [3.63, 3.8) is 0 Å². The summed E-state index contributed by atoms with van der Waals surface area (Å²) in [6.45, 7) is 1.82. The van der Waals surface area contributed by atoms with Gasteiger partial charge >= 0.3 is 0 Å². The monoisotopic (exact) mass is 364 g/mol. The molecule has 8 heteroatoms. The summed E-state index contributed by atoms with van der Waals surface area (Å²) in [4.78, 5) is 0.899. The summed E-state index contributed by atoms with van der Waals surface area (Å²) in [6, 6.07) is 6.26. The molecule has 0 radical (unpaired) electrons. The van der Waals surface area contributed by atoms with Crippen LogP contribution in [0.25, 0.3) is 0 Å². The molecule has 1 atom stereocenters. The third-order valence-electron chi connectivity index (χ3n) is 3.25. The molecule has 1 aromatic carbocycles. The van der Waals surface area contributed by atoms with Gasteiger partial charge in [0.05, 0.1) is 21.8 Å². The van der Waals surface area contributed by atoms with E-state index in [2.05, 4.69) is 0 Å². The number of thiophene rings is 1. The van der Waals surface area contributed by atoms with Crippen LogP contribution in [0.4, 0.5) is 5.69 Å². The first-order chi connectivity index (χ1) is 9.76. The fourth-order valence-corrected chi connectivity index (χ4v) is 4.79. The fourth-order valence-electron chi connectivity index (χ4n) is 1.82. The van der Waals surface area contributed by atoms with Gasteiger partial charge in [-0.25, -0.2) is 8.42 Å². The van der Waals surface area contributed by atoms with Gasteiger partial charge in [-0.15, -0.1) is 11.3 Å². The number of nitrogens with zero attached hydrogens (tertiary/aromatic N) is 1. The first-order valence-electron chi connectivity index (χ1n) is 6.01. The van der Waals surface area contributed by atoms with Crippen LogP contribution in [0, 0.1) is 0 Å². The van der Waals surface area contributed by atoms with E-state index in [0.717, 1.165) is 4.88 Å². The predicted molar refractivity (Wildman–Crippen MR) is 88.6 cm³/mol. The molecular weight excluding hydrogens is 351 g/mol. The zero-order chi connectivity index (χ0) is 15.8. The van der Waals surface area contributed by atoms with Gasteiger partial charge in [0.2, 0.25) is 10.0 Å². The van der Waals surface area contributed by atoms with E-state index in [0.29, 0.717) is 0 Å². The Balaban J connectivity index is 2.45. The van der Waals surface area contributed by atoms with Gasteiger partial charge in [-0.2, -0.15) is 4.31 Å². The van der Waals surface area contributed by atoms with E-state index in [1.54, 1.807) is 0 Å². The van der Waals surface area contributed by atoms with Gasteiger partial charge in [0.25, 0.3) is 0 Å². The van der Waals surface area contributed by atoms with Crippen LogP contribution >= 0.6 is 34.5 Å². The molecule has 0 amide bonds. The second-order valence-electron chi connectivity index (χ2n) is 4.49. The molecule has 2 rings (SSSR count). The first kappa shape index (κ1) is 16.6. The first-order valence-corrected chi connectivity index (χ1v) is 9.09. The van der Waals surface area contributed by atoms with E-state index >= 15 is 0 Å². The van der Waals surface area contributed by atoms with Crippen LogP contribution in [0.15, 0.2) is 34.5 Å². The molecule has 4 nitrogen and oxygen atoms in total. The van der Waals surface area contributed by atoms with E-state index in [1.165, 1.54) is 34.8 Å². The Kier molecular flexibility index (Phi) is 4.85. The summed E-state index contributed by atoms with van der Waals surface area (Å²) in [5.41, 5.74) is 5.77. The van der Waals surface area contributed by atoms with Gasteiger partial charge < -0.3 is 5.73 Å². The number of anilines is 1. The van der Waals surface area contributed by atoms with E-state index in [9.17, 15) is 8.42 Å². The quantitative estimate of drug-likeness (QED) is 0.833. The molecule has 0 aliphatic rings. The summed E-state index contributed by atoms with van der Waals surface area (Å²) in [5, 5.41) is 2.08. The summed E-state index contributed by atoms with van der Waals surface area (Å²) < 4.78 is 26.7. The Morgan fingerprint density at radius 3 is 2.52 bits per heavy atom. The van der Waals surface area contributed by atoms with Gasteiger partial charge in [0.15, 0.2) is 0 Å². The minimum absolute atomic E-state index is 0.0445. The van der Waals surface area contributed by atoms with Gasteiger partial charge in [0, 0.05) is 11.9 Å². The zero-order valence-corrected chi connectivity index (χ0v) is 14.5. The molecule has 0 aliphatic carbocycles. The third-order valence-corrected chi connectivity index (χ3v) is 7.11. The van der Waals surface area contributed by atoms with Crippen molar-refractivity contribution >= 4 is 50.2 Å². The zero-order valence-electron chi connectivity index (χ0n) is 11.4. The Morgan fingerprint density at radius 1 is 1.29 bits per heavy atom. The fraction of sp³-hybridized carbons (Fsp3) is 0.231. The van der Waals surface area contributed by atoms with Gasteiger partial charge in [-0.3, -0.25) is 0 Å². The molecule has 0 spiro atoms. The molecule has 2 aromatic rings. The van der Waals surface area contributed by atoms with Crippen molar-refractivity contribution in [2.75, 3.05) is 12.8 Å². The minimum Gasteiger partial charge on any atom is -0.396 e. The van der Waals surface area contributed by atoms with Crippen LogP contribution in [-0.2, 0) is 10.0 Å². The lowest BCUT2D eigenvalue weighted by Crippen LogP contribution is -2.29. The SMILES string of the molecule is CC(c1cccs1)N(C)S(=O)(=O)c1ccc(Cl)c(N)c1Cl. The maximum atomic E-state index is 12.7. The van der Waals surface area contributed by atoms with Crippen LogP contribution in [0.3, 0.4) is 0 Å². The van der Waals surface area contributed by atoms with Gasteiger partial charge in [0.1, 0.15) is 4.90 Å². The van der Waals surface area contributed by atoms with Crippen LogP contribution in [0.2, 0.25) is 10.0 Å². The van der Waals surface area contributed by atoms with Crippen molar-refractivity contribution in [2.45, 2.75) is 17.9 Å². The summed E-state index contributed by atoms with van der Waals surface area (Å²) in [7, 11) is -2.25. The lowest BCUT2D eigenvalue weighted by molar-refractivity contribution is 0.403. The van der Waals surface area contributed by atoms with Gasteiger partial charge in [-0.05, 0) is 30.5 Å². The average Bonchev–Trinajstić information content (AvgIpc) is 2.97. The second-order valence-corrected chi connectivity index (χ2v) is 8.22. The lowest BCUT2D eigenvalue weighted by Gasteiger charge is -2.24. The molecule has 0 fully saturated rings. The number of rotatable bonds is 4. The maximum absolute atomic E-state index is 12.7. The number of sulfonamides is 1. The highest BCUT2D eigenvalue weighted by Gasteiger charge is 2.29. The number of hydrogen-bond donors (Lipinski definition) is 1.